The fourth-order valence-corrected chi connectivity index (χ4v) is 0.982. The number of hydrogen-bond acceptors (Lipinski definition) is 4. The fourth-order valence-electron chi connectivity index (χ4n) is 0.982. The molecule has 1 aromatic rings. The summed E-state index contributed by atoms with van der Waals surface area (Å²) < 4.78 is 9.68. The van der Waals surface area contributed by atoms with Crippen LogP contribution >= 0.6 is 0 Å². The van der Waals surface area contributed by atoms with E-state index in [0.29, 0.717) is 11.8 Å². The van der Waals surface area contributed by atoms with Crippen LogP contribution < -0.4 is 9.47 Å². The van der Waals surface area contributed by atoms with Gasteiger partial charge in [0.15, 0.2) is 11.5 Å². The average molecular weight is 183 g/mol. The predicted octanol–water partition coefficient (Wildman–Crippen LogP) is 1.22. The first-order valence-corrected chi connectivity index (χ1v) is 3.63. The first-order chi connectivity index (χ1) is 6.22. The predicted molar refractivity (Wildman–Crippen MR) is 46.6 cm³/mol. The largest absolute Gasteiger partial charge is 0.502 e. The van der Waals surface area contributed by atoms with Crippen molar-refractivity contribution in [2.24, 2.45) is 0 Å². The summed E-state index contributed by atoms with van der Waals surface area (Å²) in [5, 5.41) is 9.44. The highest BCUT2D eigenvalue weighted by Gasteiger charge is 2.10. The molecule has 1 rings (SSSR count). The first kappa shape index (κ1) is 9.38. The van der Waals surface area contributed by atoms with Crippen molar-refractivity contribution in [3.05, 3.63) is 17.7 Å². The van der Waals surface area contributed by atoms with Crippen molar-refractivity contribution in [3.63, 3.8) is 0 Å². The van der Waals surface area contributed by atoms with E-state index >= 15 is 0 Å². The lowest BCUT2D eigenvalue weighted by Gasteiger charge is -2.08. The number of aldehydes is 1. The molecule has 0 radical (unpaired) electrons. The first-order valence-electron chi connectivity index (χ1n) is 3.63. The van der Waals surface area contributed by atoms with Gasteiger partial charge in [0, 0.05) is 5.56 Å². The Morgan fingerprint density at radius 2 is 1.69 bits per heavy atom. The second kappa shape index (κ2) is 3.80. The van der Waals surface area contributed by atoms with Crippen molar-refractivity contribution in [2.45, 2.75) is 0 Å². The molecule has 0 saturated carbocycles. The van der Waals surface area contributed by atoms with Gasteiger partial charge >= 0.3 is 0 Å². The van der Waals surface area contributed by atoms with Crippen LogP contribution in [0.2, 0.25) is 0 Å². The van der Waals surface area contributed by atoms with Crippen LogP contribution in [0.5, 0.6) is 17.2 Å². The summed E-state index contributed by atoms with van der Waals surface area (Å²) in [6.45, 7) is 0. The van der Waals surface area contributed by atoms with E-state index in [0.717, 1.165) is 0 Å². The highest BCUT2D eigenvalue weighted by molar-refractivity contribution is 5.78. The molecule has 0 saturated heterocycles. The zero-order valence-corrected chi connectivity index (χ0v) is 7.40. The second-order valence-corrected chi connectivity index (χ2v) is 2.39. The topological polar surface area (TPSA) is 55.8 Å². The monoisotopic (exact) mass is 183 g/mol. The molecule has 0 spiro atoms. The van der Waals surface area contributed by atoms with E-state index in [2.05, 4.69) is 0 Å². The van der Waals surface area contributed by atoms with Crippen LogP contribution in [0.25, 0.3) is 0 Å². The van der Waals surface area contributed by atoms with E-state index in [9.17, 15) is 9.90 Å². The molecular formula is C9H10O4. The molecule has 0 aromatic heterocycles. The van der Waals surface area contributed by atoms with Gasteiger partial charge in [0.05, 0.1) is 14.2 Å². The molecule has 0 bridgehead atoms. The Balaban J connectivity index is 3.28. The van der Waals surface area contributed by atoms with Gasteiger partial charge in [0.1, 0.15) is 6.29 Å². The number of phenols is 1. The van der Waals surface area contributed by atoms with Crippen molar-refractivity contribution in [2.75, 3.05) is 14.2 Å². The number of aromatic hydroxyl groups is 1. The number of benzene rings is 1. The normalized spacial score (nSPS) is 9.38. The number of methoxy groups -OCH3 is 2. The average Bonchev–Trinajstić information content (AvgIpc) is 2.18. The smallest absolute Gasteiger partial charge is 0.200 e. The number of hydrogen-bond donors (Lipinski definition) is 1. The highest BCUT2D eigenvalue weighted by Crippen LogP contribution is 2.36. The van der Waals surface area contributed by atoms with E-state index in [-0.39, 0.29) is 17.2 Å². The van der Waals surface area contributed by atoms with Crippen LogP contribution in [-0.4, -0.2) is 25.6 Å². The summed E-state index contributed by atoms with van der Waals surface area (Å²) in [5.74, 6) is 0.346. The molecule has 1 N–H and O–H groups in total. The van der Waals surface area contributed by atoms with Gasteiger partial charge in [-0.15, -0.1) is 0 Å². The van der Waals surface area contributed by atoms with E-state index in [1.807, 2.05) is 0 Å². The Morgan fingerprint density at radius 3 is 2.00 bits per heavy atom. The third-order valence-electron chi connectivity index (χ3n) is 1.64. The van der Waals surface area contributed by atoms with Crippen molar-refractivity contribution < 1.29 is 19.4 Å². The van der Waals surface area contributed by atoms with Crippen LogP contribution in [-0.2, 0) is 0 Å². The zero-order chi connectivity index (χ0) is 9.84. The van der Waals surface area contributed by atoms with Crippen molar-refractivity contribution in [3.8, 4) is 17.2 Å². The molecule has 0 atom stereocenters. The summed E-state index contributed by atoms with van der Waals surface area (Å²) >= 11 is 0. The molecule has 4 nitrogen and oxygen atoms in total. The van der Waals surface area contributed by atoms with Gasteiger partial charge in [-0.25, -0.2) is 0 Å². The van der Waals surface area contributed by atoms with E-state index < -0.39 is 0 Å². The number of rotatable bonds is 3. The van der Waals surface area contributed by atoms with E-state index in [4.69, 9.17) is 9.47 Å². The molecule has 0 fully saturated rings. The van der Waals surface area contributed by atoms with Crippen LogP contribution in [0.3, 0.4) is 0 Å². The summed E-state index contributed by atoms with van der Waals surface area (Å²) in [7, 11) is 2.81. The van der Waals surface area contributed by atoms with Gasteiger partial charge in [-0.1, -0.05) is 0 Å². The van der Waals surface area contributed by atoms with Crippen LogP contribution in [0, 0.1) is 0 Å². The second-order valence-electron chi connectivity index (χ2n) is 2.39. The van der Waals surface area contributed by atoms with Gasteiger partial charge in [0.25, 0.3) is 0 Å². The zero-order valence-electron chi connectivity index (χ0n) is 7.40. The van der Waals surface area contributed by atoms with Crippen molar-refractivity contribution in [1.82, 2.24) is 0 Å². The summed E-state index contributed by atoms with van der Waals surface area (Å²) in [5.41, 5.74) is 0.395. The van der Waals surface area contributed by atoms with Crippen LogP contribution in [0.4, 0.5) is 0 Å². The molecule has 0 unspecified atom stereocenters. The molecule has 1 aromatic carbocycles. The van der Waals surface area contributed by atoms with E-state index in [1.54, 1.807) is 0 Å². The summed E-state index contributed by atoms with van der Waals surface area (Å²) in [6, 6.07) is 2.87. The molecular weight excluding hydrogens is 173 g/mol. The molecule has 0 amide bonds. The highest BCUT2D eigenvalue weighted by atomic mass is 16.5. The molecule has 0 aliphatic heterocycles. The lowest BCUT2D eigenvalue weighted by Crippen LogP contribution is -1.91. The van der Waals surface area contributed by atoms with Crippen molar-refractivity contribution >= 4 is 6.29 Å². The van der Waals surface area contributed by atoms with Crippen molar-refractivity contribution in [1.29, 1.82) is 0 Å². The Bertz CT molecular complexity index is 294. The van der Waals surface area contributed by atoms with Gasteiger partial charge < -0.3 is 14.6 Å². The van der Waals surface area contributed by atoms with Crippen LogP contribution in [0.15, 0.2) is 12.1 Å². The minimum absolute atomic E-state index is 0.101. The Kier molecular flexibility index (Phi) is 2.74. The minimum atomic E-state index is -0.101. The standard InChI is InChI=1S/C9H10O4/c1-12-7-3-6(5-10)4-8(13-2)9(7)11/h3-5,11H,1-2H3/i5+1. The quantitative estimate of drug-likeness (QED) is 0.565. The summed E-state index contributed by atoms with van der Waals surface area (Å²) in [4.78, 5) is 10.5. The minimum Gasteiger partial charge on any atom is -0.502 e. The van der Waals surface area contributed by atoms with Crippen LogP contribution in [0.1, 0.15) is 10.4 Å². The third kappa shape index (κ3) is 1.72. The fraction of sp³-hybridized carbons (Fsp3) is 0.222. The Labute approximate surface area is 75.7 Å². The number of carbonyl (C=O) groups excluding carboxylic acids is 1. The summed E-state index contributed by atoms with van der Waals surface area (Å²) in [6.07, 6.45) is 0.657. The van der Waals surface area contributed by atoms with Gasteiger partial charge in [-0.2, -0.15) is 0 Å². The molecule has 0 heterocycles. The van der Waals surface area contributed by atoms with Gasteiger partial charge in [-0.3, -0.25) is 4.79 Å². The number of carbonyl (C=O) groups is 1. The molecule has 0 aliphatic carbocycles. The van der Waals surface area contributed by atoms with Gasteiger partial charge in [0.2, 0.25) is 5.75 Å². The molecule has 70 valence electrons. The molecule has 4 heteroatoms. The maximum Gasteiger partial charge on any atom is 0.200 e. The SMILES string of the molecule is COc1cc([13CH]=O)cc(OC)c1O. The Hall–Kier alpha value is -1.71. The Morgan fingerprint density at radius 1 is 1.23 bits per heavy atom. The third-order valence-corrected chi connectivity index (χ3v) is 1.64. The van der Waals surface area contributed by atoms with Gasteiger partial charge in [-0.05, 0) is 12.1 Å². The molecule has 13 heavy (non-hydrogen) atoms. The molecule has 0 aliphatic rings. The van der Waals surface area contributed by atoms with E-state index in [1.165, 1.54) is 26.4 Å². The maximum absolute atomic E-state index is 10.5. The lowest BCUT2D eigenvalue weighted by atomic mass is 10.2. The number of ether oxygens (including phenoxy) is 2. The lowest BCUT2D eigenvalue weighted by molar-refractivity contribution is 0.112. The number of phenolic OH excluding ortho intramolecular Hbond substituents is 1. The maximum atomic E-state index is 10.5.